The lowest BCUT2D eigenvalue weighted by Gasteiger charge is -2.41. The van der Waals surface area contributed by atoms with Crippen molar-refractivity contribution in [1.82, 2.24) is 9.80 Å². The van der Waals surface area contributed by atoms with Gasteiger partial charge in [-0.25, -0.2) is 0 Å². The molecule has 1 aromatic heterocycles. The number of hydrogen-bond donors (Lipinski definition) is 0. The molecule has 4 rings (SSSR count). The van der Waals surface area contributed by atoms with Gasteiger partial charge in [-0.15, -0.1) is 0 Å². The first-order chi connectivity index (χ1) is 10.3. The van der Waals surface area contributed by atoms with Crippen molar-refractivity contribution in [3.8, 4) is 0 Å². The lowest BCUT2D eigenvalue weighted by molar-refractivity contribution is -0.0961. The van der Waals surface area contributed by atoms with Crippen molar-refractivity contribution in [2.24, 2.45) is 0 Å². The van der Waals surface area contributed by atoms with Crippen LogP contribution in [0.4, 0.5) is 0 Å². The van der Waals surface area contributed by atoms with E-state index >= 15 is 0 Å². The van der Waals surface area contributed by atoms with Crippen molar-refractivity contribution >= 4 is 0 Å². The van der Waals surface area contributed by atoms with Gasteiger partial charge in [-0.05, 0) is 51.3 Å². The predicted molar refractivity (Wildman–Crippen MR) is 81.1 cm³/mol. The number of rotatable bonds is 3. The van der Waals surface area contributed by atoms with Gasteiger partial charge in [0.05, 0.1) is 18.1 Å². The summed E-state index contributed by atoms with van der Waals surface area (Å²) in [4.78, 5) is 5.24. The molecule has 21 heavy (non-hydrogen) atoms. The van der Waals surface area contributed by atoms with E-state index in [1.54, 1.807) is 6.26 Å². The zero-order valence-corrected chi connectivity index (χ0v) is 12.8. The van der Waals surface area contributed by atoms with Crippen LogP contribution in [0.3, 0.4) is 0 Å². The average molecular weight is 290 g/mol. The fraction of sp³-hybridized carbons (Fsp3) is 0.765. The monoisotopic (exact) mass is 290 g/mol. The SMILES string of the molecule is c1cc(CN2CC[C@]3(C[C@H](N4CCCC4)CCO3)C2)co1. The molecule has 3 saturated heterocycles. The Morgan fingerprint density at radius 1 is 1.24 bits per heavy atom. The predicted octanol–water partition coefficient (Wildman–Crippen LogP) is 2.50. The van der Waals surface area contributed by atoms with Crippen LogP contribution in [-0.4, -0.2) is 54.2 Å². The van der Waals surface area contributed by atoms with Gasteiger partial charge < -0.3 is 14.1 Å². The lowest BCUT2D eigenvalue weighted by atomic mass is 9.89. The first kappa shape index (κ1) is 13.8. The van der Waals surface area contributed by atoms with Gasteiger partial charge >= 0.3 is 0 Å². The Labute approximate surface area is 127 Å². The third-order valence-electron chi connectivity index (χ3n) is 5.51. The van der Waals surface area contributed by atoms with E-state index in [0.29, 0.717) is 0 Å². The van der Waals surface area contributed by atoms with Gasteiger partial charge in [0.15, 0.2) is 0 Å². The molecule has 0 aliphatic carbocycles. The van der Waals surface area contributed by atoms with E-state index in [-0.39, 0.29) is 5.60 Å². The molecule has 4 nitrogen and oxygen atoms in total. The van der Waals surface area contributed by atoms with Crippen molar-refractivity contribution in [3.63, 3.8) is 0 Å². The van der Waals surface area contributed by atoms with E-state index in [9.17, 15) is 0 Å². The summed E-state index contributed by atoms with van der Waals surface area (Å²) in [5.41, 5.74) is 1.40. The standard InChI is InChI=1S/C17H26N2O2/c1-2-7-19(6-1)16-4-10-21-17(11-16)5-8-18(14-17)12-15-3-9-20-13-15/h3,9,13,16H,1-2,4-8,10-12,14H2/t16-,17+/m1/s1. The fourth-order valence-electron chi connectivity index (χ4n) is 4.41. The smallest absolute Gasteiger partial charge is 0.0947 e. The summed E-state index contributed by atoms with van der Waals surface area (Å²) in [5.74, 6) is 0. The molecule has 3 fully saturated rings. The van der Waals surface area contributed by atoms with Gasteiger partial charge in [-0.3, -0.25) is 4.90 Å². The van der Waals surface area contributed by atoms with Crippen LogP contribution < -0.4 is 0 Å². The van der Waals surface area contributed by atoms with Crippen LogP contribution in [0.1, 0.15) is 37.7 Å². The average Bonchev–Trinajstić information content (AvgIpc) is 3.22. The number of likely N-dealkylation sites (tertiary alicyclic amines) is 2. The number of hydrogen-bond acceptors (Lipinski definition) is 4. The highest BCUT2D eigenvalue weighted by Crippen LogP contribution is 2.37. The van der Waals surface area contributed by atoms with Crippen LogP contribution in [0.5, 0.6) is 0 Å². The quantitative estimate of drug-likeness (QED) is 0.855. The zero-order chi connectivity index (χ0) is 14.1. The molecule has 0 amide bonds. The Hall–Kier alpha value is -0.840. The molecule has 4 heterocycles. The van der Waals surface area contributed by atoms with Crippen molar-refractivity contribution in [2.45, 2.75) is 50.3 Å². The highest BCUT2D eigenvalue weighted by atomic mass is 16.5. The maximum atomic E-state index is 6.27. The Kier molecular flexibility index (Phi) is 3.78. The van der Waals surface area contributed by atoms with E-state index in [1.165, 1.54) is 50.8 Å². The molecule has 0 unspecified atom stereocenters. The second kappa shape index (κ2) is 5.75. The Morgan fingerprint density at radius 3 is 2.95 bits per heavy atom. The summed E-state index contributed by atoms with van der Waals surface area (Å²) < 4.78 is 11.5. The Balaban J connectivity index is 1.38. The Bertz CT molecular complexity index is 455. The Morgan fingerprint density at radius 2 is 2.14 bits per heavy atom. The molecule has 0 bridgehead atoms. The summed E-state index contributed by atoms with van der Waals surface area (Å²) in [7, 11) is 0. The van der Waals surface area contributed by atoms with E-state index in [0.717, 1.165) is 32.3 Å². The second-order valence-electron chi connectivity index (χ2n) is 7.01. The fourth-order valence-corrected chi connectivity index (χ4v) is 4.41. The number of ether oxygens (including phenoxy) is 1. The van der Waals surface area contributed by atoms with Crippen molar-refractivity contribution in [3.05, 3.63) is 24.2 Å². The highest BCUT2D eigenvalue weighted by Gasteiger charge is 2.44. The maximum Gasteiger partial charge on any atom is 0.0947 e. The van der Waals surface area contributed by atoms with E-state index < -0.39 is 0 Å². The van der Waals surface area contributed by atoms with Crippen LogP contribution >= 0.6 is 0 Å². The molecule has 4 heteroatoms. The van der Waals surface area contributed by atoms with Gasteiger partial charge in [0.2, 0.25) is 0 Å². The minimum absolute atomic E-state index is 0.120. The summed E-state index contributed by atoms with van der Waals surface area (Å²) in [6.45, 7) is 6.79. The van der Waals surface area contributed by atoms with E-state index in [4.69, 9.17) is 9.15 Å². The molecule has 116 valence electrons. The van der Waals surface area contributed by atoms with Crippen LogP contribution in [0.25, 0.3) is 0 Å². The number of furan rings is 1. The van der Waals surface area contributed by atoms with Gasteiger partial charge in [0, 0.05) is 37.8 Å². The molecule has 2 atom stereocenters. The maximum absolute atomic E-state index is 6.27. The molecule has 0 saturated carbocycles. The molecule has 0 N–H and O–H groups in total. The molecule has 1 spiro atoms. The first-order valence-corrected chi connectivity index (χ1v) is 8.44. The highest BCUT2D eigenvalue weighted by molar-refractivity contribution is 5.07. The van der Waals surface area contributed by atoms with Crippen LogP contribution in [0.2, 0.25) is 0 Å². The third-order valence-corrected chi connectivity index (χ3v) is 5.51. The summed E-state index contributed by atoms with van der Waals surface area (Å²) in [5, 5.41) is 0. The minimum atomic E-state index is 0.120. The topological polar surface area (TPSA) is 28.9 Å². The van der Waals surface area contributed by atoms with Crippen LogP contribution in [0.15, 0.2) is 23.0 Å². The second-order valence-corrected chi connectivity index (χ2v) is 7.01. The third kappa shape index (κ3) is 2.89. The molecule has 0 aromatic carbocycles. The van der Waals surface area contributed by atoms with Crippen LogP contribution in [-0.2, 0) is 11.3 Å². The normalized spacial score (nSPS) is 35.0. The molecule has 1 aromatic rings. The molecular weight excluding hydrogens is 264 g/mol. The zero-order valence-electron chi connectivity index (χ0n) is 12.8. The van der Waals surface area contributed by atoms with E-state index in [2.05, 4.69) is 15.9 Å². The largest absolute Gasteiger partial charge is 0.472 e. The van der Waals surface area contributed by atoms with E-state index in [1.807, 2.05) is 6.26 Å². The van der Waals surface area contributed by atoms with Gasteiger partial charge in [-0.2, -0.15) is 0 Å². The summed E-state index contributed by atoms with van der Waals surface area (Å²) >= 11 is 0. The molecule has 3 aliphatic heterocycles. The molecular formula is C17H26N2O2. The van der Waals surface area contributed by atoms with Gasteiger partial charge in [0.1, 0.15) is 0 Å². The number of nitrogens with zero attached hydrogens (tertiary/aromatic N) is 2. The minimum Gasteiger partial charge on any atom is -0.472 e. The van der Waals surface area contributed by atoms with Gasteiger partial charge in [-0.1, -0.05) is 0 Å². The van der Waals surface area contributed by atoms with Crippen molar-refractivity contribution in [1.29, 1.82) is 0 Å². The van der Waals surface area contributed by atoms with Crippen LogP contribution in [0, 0.1) is 0 Å². The summed E-state index contributed by atoms with van der Waals surface area (Å²) in [6, 6.07) is 2.83. The molecule has 3 aliphatic rings. The first-order valence-electron chi connectivity index (χ1n) is 8.44. The van der Waals surface area contributed by atoms with Gasteiger partial charge in [0.25, 0.3) is 0 Å². The molecule has 0 radical (unpaired) electrons. The lowest BCUT2D eigenvalue weighted by Crippen LogP contribution is -2.49. The van der Waals surface area contributed by atoms with Crippen molar-refractivity contribution in [2.75, 3.05) is 32.8 Å². The summed E-state index contributed by atoms with van der Waals surface area (Å²) in [6.07, 6.45) is 10.0. The van der Waals surface area contributed by atoms with Crippen molar-refractivity contribution < 1.29 is 9.15 Å².